The van der Waals surface area contributed by atoms with Crippen LogP contribution >= 0.6 is 0 Å². The highest BCUT2D eigenvalue weighted by atomic mass is 16.8. The van der Waals surface area contributed by atoms with E-state index in [0.717, 1.165) is 65.4 Å². The number of likely N-dealkylation sites (N-methyl/N-ethyl adjacent to an activating group) is 1. The molecule has 5 aliphatic rings. The van der Waals surface area contributed by atoms with Gasteiger partial charge in [-0.3, -0.25) is 4.79 Å². The first-order valence-corrected chi connectivity index (χ1v) is 34.8. The van der Waals surface area contributed by atoms with Crippen LogP contribution in [0.25, 0.3) is 0 Å². The molecule has 7 rings (SSSR count). The molecule has 0 aromatic heterocycles. The fourth-order valence-corrected chi connectivity index (χ4v) is 12.2. The molecule has 0 spiro atoms. The van der Waals surface area contributed by atoms with Crippen LogP contribution in [0.3, 0.4) is 0 Å². The first-order valence-electron chi connectivity index (χ1n) is 34.8. The summed E-state index contributed by atoms with van der Waals surface area (Å²) in [6.07, 6.45) is 30.0. The zero-order valence-corrected chi connectivity index (χ0v) is 65.6. The maximum atomic E-state index is 10.4. The molecule has 8 atom stereocenters. The van der Waals surface area contributed by atoms with Crippen LogP contribution in [-0.4, -0.2) is 170 Å². The molecule has 0 saturated carbocycles. The lowest BCUT2D eigenvalue weighted by Gasteiger charge is -2.73. The third-order valence-electron chi connectivity index (χ3n) is 18.8. The van der Waals surface area contributed by atoms with Crippen LogP contribution in [0, 0.1) is 49.1 Å². The van der Waals surface area contributed by atoms with E-state index in [-0.39, 0.29) is 16.2 Å². The molecule has 5 N–H and O–H groups in total. The number of aliphatic hydroxyl groups excluding tert-OH is 2. The summed E-state index contributed by atoms with van der Waals surface area (Å²) in [7, 11) is 21.1. The lowest BCUT2D eigenvalue weighted by molar-refractivity contribution is -0.890. The van der Waals surface area contributed by atoms with Gasteiger partial charge in [-0.1, -0.05) is 158 Å². The minimum Gasteiger partial charge on any atom is -0.633 e. The second kappa shape index (κ2) is 42.5. The molecule has 2 aromatic carbocycles. The number of benzene rings is 2. The molecule has 1 aliphatic carbocycles. The smallest absolute Gasteiger partial charge is 0.302 e. The van der Waals surface area contributed by atoms with E-state index in [1.165, 1.54) is 131 Å². The molecule has 0 radical (unpaired) electrons. The van der Waals surface area contributed by atoms with Crippen LogP contribution < -0.4 is 20.1 Å². The number of nitrogens with zero attached hydrogens (tertiary/aromatic N) is 2. The van der Waals surface area contributed by atoms with Crippen LogP contribution in [0.5, 0.6) is 11.5 Å². The zero-order valence-electron chi connectivity index (χ0n) is 65.6. The molecule has 4 aliphatic heterocycles. The Morgan fingerprint density at radius 3 is 1.75 bits per heavy atom. The van der Waals surface area contributed by atoms with Crippen molar-refractivity contribution in [2.45, 2.75) is 242 Å². The number of fused-ring (bicyclic) bond motifs is 3. The first kappa shape index (κ1) is 90.6. The van der Waals surface area contributed by atoms with Crippen molar-refractivity contribution in [3.8, 4) is 11.5 Å². The van der Waals surface area contributed by atoms with Gasteiger partial charge in [0.2, 0.25) is 5.79 Å². The Morgan fingerprint density at radius 2 is 1.32 bits per heavy atom. The third kappa shape index (κ3) is 30.7. The van der Waals surface area contributed by atoms with Crippen LogP contribution in [0.1, 0.15) is 203 Å². The predicted octanol–water partition coefficient (Wildman–Crippen LogP) is 16.2. The number of hydrogen-bond donors (Lipinski definition) is 5. The van der Waals surface area contributed by atoms with E-state index in [0.29, 0.717) is 12.0 Å². The van der Waals surface area contributed by atoms with Gasteiger partial charge in [-0.25, -0.2) is 0 Å². The summed E-state index contributed by atoms with van der Waals surface area (Å²) in [6, 6.07) is 10.1. The molecule has 3 saturated heterocycles. The van der Waals surface area contributed by atoms with Crippen molar-refractivity contribution >= 4 is 11.7 Å². The van der Waals surface area contributed by atoms with Crippen molar-refractivity contribution < 1.29 is 62.4 Å². The number of anilines is 1. The van der Waals surface area contributed by atoms with Gasteiger partial charge in [-0.15, -0.1) is 0 Å². The average Bonchev–Trinajstić information content (AvgIpc) is 0.657. The van der Waals surface area contributed by atoms with E-state index in [9.17, 15) is 25.3 Å². The molecule has 548 valence electrons. The van der Waals surface area contributed by atoms with E-state index < -0.39 is 35.4 Å². The van der Waals surface area contributed by atoms with Crippen molar-refractivity contribution in [2.24, 2.45) is 23.2 Å². The number of aliphatic hydroxyl groups is 3. The summed E-state index contributed by atoms with van der Waals surface area (Å²) in [6.45, 7) is 36.9. The molecule has 5 unspecified atom stereocenters. The fraction of sp³-hybridized carbons (Fsp3) is 0.709. The van der Waals surface area contributed by atoms with E-state index in [1.807, 2.05) is 37.4 Å². The van der Waals surface area contributed by atoms with E-state index in [4.69, 9.17) is 28.4 Å². The Balaban J connectivity index is 0.00000121. The molecule has 16 heteroatoms. The Labute approximate surface area is 580 Å². The number of ether oxygens (including phenoxy) is 7. The number of nitrogens with one attached hydrogen (secondary N) is 2. The number of para-hydroxylation sites is 1. The van der Waals surface area contributed by atoms with Crippen LogP contribution in [0.15, 0.2) is 89.1 Å². The summed E-state index contributed by atoms with van der Waals surface area (Å²) in [5.41, 5.74) is 8.74. The summed E-state index contributed by atoms with van der Waals surface area (Å²) in [5.74, 6) is 2.97. The minimum atomic E-state index is -1.53. The third-order valence-corrected chi connectivity index (χ3v) is 18.8. The van der Waals surface area contributed by atoms with Gasteiger partial charge in [0.25, 0.3) is 0 Å². The molecular formula is C79H141N4O12+. The van der Waals surface area contributed by atoms with Crippen molar-refractivity contribution in [1.82, 2.24) is 5.32 Å². The highest BCUT2D eigenvalue weighted by Crippen LogP contribution is 2.61. The van der Waals surface area contributed by atoms with Gasteiger partial charge in [0.15, 0.2) is 13.0 Å². The molecule has 2 bridgehead atoms. The number of rotatable bonds is 24. The van der Waals surface area contributed by atoms with Gasteiger partial charge in [0.05, 0.1) is 68.7 Å². The number of carbonyl (C=O) groups excluding carboxylic acids is 1. The average molecular weight is 1340 g/mol. The van der Waals surface area contributed by atoms with Gasteiger partial charge in [0.1, 0.15) is 34.9 Å². The lowest BCUT2D eigenvalue weighted by atomic mass is 9.60. The van der Waals surface area contributed by atoms with E-state index in [2.05, 4.69) is 163 Å². The molecule has 95 heavy (non-hydrogen) atoms. The fourth-order valence-electron chi connectivity index (χ4n) is 12.2. The van der Waals surface area contributed by atoms with Crippen molar-refractivity contribution in [3.05, 3.63) is 117 Å². The van der Waals surface area contributed by atoms with Gasteiger partial charge < -0.3 is 73.4 Å². The van der Waals surface area contributed by atoms with Crippen molar-refractivity contribution in [3.63, 3.8) is 0 Å². The number of allylic oxidation sites excluding steroid dienone is 9. The first-order chi connectivity index (χ1) is 43.9. The van der Waals surface area contributed by atoms with Crippen molar-refractivity contribution in [1.29, 1.82) is 0 Å². The topological polar surface area (TPSA) is 189 Å². The molecule has 0 amide bonds. The maximum absolute atomic E-state index is 10.4. The van der Waals surface area contributed by atoms with Gasteiger partial charge in [-0.2, -0.15) is 0 Å². The van der Waals surface area contributed by atoms with E-state index >= 15 is 0 Å². The monoisotopic (exact) mass is 1340 g/mol. The Bertz CT molecular complexity index is 2680. The van der Waals surface area contributed by atoms with Crippen LogP contribution in [-0.2, 0) is 34.9 Å². The Hall–Kier alpha value is -4.43. The van der Waals surface area contributed by atoms with Crippen LogP contribution in [0.4, 0.5) is 5.69 Å². The number of carbonyl (C=O) groups is 1. The predicted molar refractivity (Wildman–Crippen MR) is 397 cm³/mol. The number of quaternary nitrogens is 2. The minimum absolute atomic E-state index is 0.0319. The lowest BCUT2D eigenvalue weighted by Crippen LogP contribution is -2.95. The van der Waals surface area contributed by atoms with E-state index in [1.54, 1.807) is 68.9 Å². The van der Waals surface area contributed by atoms with Crippen molar-refractivity contribution in [2.75, 3.05) is 110 Å². The normalized spacial score (nSPS) is 24.3. The molecule has 4 heterocycles. The van der Waals surface area contributed by atoms with Gasteiger partial charge >= 0.3 is 5.97 Å². The summed E-state index contributed by atoms with van der Waals surface area (Å²) < 4.78 is 37.8. The summed E-state index contributed by atoms with van der Waals surface area (Å²) >= 11 is 0. The zero-order chi connectivity index (χ0) is 73.4. The second-order valence-corrected chi connectivity index (χ2v) is 30.5. The van der Waals surface area contributed by atoms with Crippen LogP contribution in [0.2, 0.25) is 0 Å². The number of esters is 1. The second-order valence-electron chi connectivity index (χ2n) is 30.5. The molecule has 3 fully saturated rings. The van der Waals surface area contributed by atoms with Gasteiger partial charge in [-0.05, 0) is 179 Å². The standard InChI is InChI=1S/C30H52O2.C21H32O.C10H19NO5.C7H9N.C5H14NO.C3H9NO.C3H6O2/c1-21(2)13-10-14-22(3)15-11-16-23(4)17-12-19-30(8)20-18-27-26(7)28(31-9)24(5)25(6)29(27)32-30;1-17(9-7-10-18(2)14-16-22-6)12-13-20-19(3)11-8-15-21(20,4)5;1-7(11-4)6(13)15-10(5-12)8(2,14)9(7,3)16-10;1-8-7-5-3-2-4-6-7;1-6(2,3)5-7-4;1-4(2,3)5;1-3(4)5-2/h21-23H,10-20H2,1-9H3;7,9-10,12-14H,8,11,15-16H2,1-6H3;6,11-14H,5H2,1-4H3;2-6,8H,1H3;5H2,1-4H3;1-3H3;1-2H3/q;;;;+1;;/b;10-7+,13-12+,17-9+,18-14+;;;;;/t22-,23-,30-;;;;;;/m1....../s1. The Morgan fingerprint density at radius 1 is 0.768 bits per heavy atom. The summed E-state index contributed by atoms with van der Waals surface area (Å²) in [4.78, 5) is 9.59. The van der Waals surface area contributed by atoms with Gasteiger partial charge in [0, 0.05) is 39.4 Å². The molecule has 16 nitrogen and oxygen atoms in total. The largest absolute Gasteiger partial charge is 0.633 e. The Kier molecular flexibility index (Phi) is 40.5. The number of methoxy groups -OCH3 is 4. The number of hydroxylamine groups is 3. The molecule has 2 aromatic rings. The summed E-state index contributed by atoms with van der Waals surface area (Å²) in [5, 5.41) is 45.6. The maximum Gasteiger partial charge on any atom is 0.302 e. The number of hydrogen-bond acceptors (Lipinski definition) is 14. The highest BCUT2D eigenvalue weighted by Gasteiger charge is 2.83. The quantitative estimate of drug-likeness (QED) is 0.0219. The molecular weight excluding hydrogens is 1200 g/mol. The highest BCUT2D eigenvalue weighted by molar-refractivity contribution is 5.65. The SMILES string of the molecule is CNC1(C)C(O)OC2(CO)OC1(C)C2(C)O.CNc1ccccc1.COC(C)=O.COC/C=C(C)/C=C/C=C(C)/C=C/C1=C(C)CCCC1(C)C.COC[N+](C)(C)C.COc1c(C)c(C)c2c(c1C)CC[C@@](C)(CCC[C@H](C)CCC[C@H](C)CCCC(C)C)O2.C[N+](C)(C)[O-].